The van der Waals surface area contributed by atoms with Crippen LogP contribution in [0.25, 0.3) is 0 Å². The minimum Gasteiger partial charge on any atom is -0.480 e. The third kappa shape index (κ3) is 5.51. The van der Waals surface area contributed by atoms with Crippen molar-refractivity contribution in [1.82, 2.24) is 10.3 Å². The molecule has 2 unspecified atom stereocenters. The molecule has 140 valence electrons. The molecule has 0 aliphatic rings. The number of amides is 1. The first kappa shape index (κ1) is 21.1. The van der Waals surface area contributed by atoms with Gasteiger partial charge in [-0.15, -0.1) is 17.9 Å². The van der Waals surface area contributed by atoms with Crippen molar-refractivity contribution in [2.75, 3.05) is 13.2 Å². The Balaban J connectivity index is 2.91. The van der Waals surface area contributed by atoms with E-state index in [0.717, 1.165) is 0 Å². The molecule has 0 bridgehead atoms. The monoisotopic (exact) mass is 382 g/mol. The summed E-state index contributed by atoms with van der Waals surface area (Å²) in [6, 6.07) is -1.57. The number of ether oxygens (including phenoxy) is 1. The lowest BCUT2D eigenvalue weighted by Gasteiger charge is -2.28. The largest absolute Gasteiger partial charge is 0.480 e. The van der Waals surface area contributed by atoms with Crippen molar-refractivity contribution >= 4 is 23.2 Å². The average molecular weight is 382 g/mol. The molecule has 0 aromatic carbocycles. The average Bonchev–Trinajstić information content (AvgIpc) is 2.92. The maximum absolute atomic E-state index is 13.3. The molecular formula is C14H17F3N2O5S. The van der Waals surface area contributed by atoms with Crippen LogP contribution in [-0.2, 0) is 19.9 Å². The fraction of sp³-hybridized carbons (Fsp3) is 0.500. The van der Waals surface area contributed by atoms with E-state index < -0.39 is 47.7 Å². The normalized spacial score (nSPS) is 15.2. The zero-order valence-electron chi connectivity index (χ0n) is 13.2. The summed E-state index contributed by atoms with van der Waals surface area (Å²) in [6.07, 6.45) is -5.25. The zero-order valence-corrected chi connectivity index (χ0v) is 14.0. The number of aliphatic hydroxyl groups is 1. The number of rotatable bonds is 9. The third-order valence-electron chi connectivity index (χ3n) is 3.01. The van der Waals surface area contributed by atoms with Crippen LogP contribution < -0.4 is 5.32 Å². The van der Waals surface area contributed by atoms with Gasteiger partial charge in [0.25, 0.3) is 0 Å². The highest BCUT2D eigenvalue weighted by Gasteiger charge is 2.58. The predicted octanol–water partition coefficient (Wildman–Crippen LogP) is 1.36. The SMILES string of the molecule is C=CCOCC(NC(=O)CC(O)(c1nc(C)cs1)C(F)(F)F)C(=O)O. The van der Waals surface area contributed by atoms with E-state index in [0.29, 0.717) is 11.3 Å². The summed E-state index contributed by atoms with van der Waals surface area (Å²) in [7, 11) is 0. The van der Waals surface area contributed by atoms with Gasteiger partial charge in [-0.25, -0.2) is 9.78 Å². The van der Waals surface area contributed by atoms with Crippen LogP contribution in [0.5, 0.6) is 0 Å². The standard InChI is InChI=1S/C14H17F3N2O5S/c1-3-4-24-6-9(11(21)22)19-10(20)5-13(23,14(15,16)17)12-18-8(2)7-25-12/h3,7,9,23H,1,4-6H2,2H3,(H,19,20)(H,21,22). The minimum atomic E-state index is -5.17. The number of halogens is 3. The highest BCUT2D eigenvalue weighted by atomic mass is 32.1. The van der Waals surface area contributed by atoms with E-state index in [1.807, 2.05) is 5.32 Å². The number of carbonyl (C=O) groups is 2. The van der Waals surface area contributed by atoms with Crippen LogP contribution in [0.4, 0.5) is 13.2 Å². The van der Waals surface area contributed by atoms with E-state index in [-0.39, 0.29) is 12.3 Å². The smallest absolute Gasteiger partial charge is 0.424 e. The summed E-state index contributed by atoms with van der Waals surface area (Å²) < 4.78 is 44.7. The summed E-state index contributed by atoms with van der Waals surface area (Å²) in [5, 5.41) is 21.5. The number of hydrogen-bond acceptors (Lipinski definition) is 6. The van der Waals surface area contributed by atoms with Gasteiger partial charge in [-0.3, -0.25) is 4.79 Å². The summed E-state index contributed by atoms with van der Waals surface area (Å²) in [5.41, 5.74) is -3.26. The van der Waals surface area contributed by atoms with E-state index in [2.05, 4.69) is 11.6 Å². The molecule has 0 aliphatic heterocycles. The first-order chi connectivity index (χ1) is 11.5. The summed E-state index contributed by atoms with van der Waals surface area (Å²) >= 11 is 0.554. The number of aliphatic carboxylic acids is 1. The fourth-order valence-electron chi connectivity index (χ4n) is 1.76. The summed E-state index contributed by atoms with van der Waals surface area (Å²) in [6.45, 7) is 4.33. The predicted molar refractivity (Wildman–Crippen MR) is 82.0 cm³/mol. The van der Waals surface area contributed by atoms with Crippen LogP contribution in [0.1, 0.15) is 17.1 Å². The number of nitrogens with one attached hydrogen (secondary N) is 1. The maximum Gasteiger partial charge on any atom is 0.424 e. The third-order valence-corrected chi connectivity index (χ3v) is 4.12. The van der Waals surface area contributed by atoms with Crippen molar-refractivity contribution in [3.8, 4) is 0 Å². The second kappa shape index (κ2) is 8.41. The van der Waals surface area contributed by atoms with Crippen molar-refractivity contribution < 1.29 is 37.7 Å². The van der Waals surface area contributed by atoms with Gasteiger partial charge in [0.1, 0.15) is 5.01 Å². The summed E-state index contributed by atoms with van der Waals surface area (Å²) in [4.78, 5) is 26.5. The van der Waals surface area contributed by atoms with Gasteiger partial charge >= 0.3 is 12.1 Å². The van der Waals surface area contributed by atoms with Crippen molar-refractivity contribution in [3.05, 3.63) is 28.7 Å². The summed E-state index contributed by atoms with van der Waals surface area (Å²) in [5.74, 6) is -2.79. The molecule has 1 aromatic rings. The van der Waals surface area contributed by atoms with Gasteiger partial charge in [-0.05, 0) is 6.92 Å². The molecule has 7 nitrogen and oxygen atoms in total. The Morgan fingerprint density at radius 3 is 2.60 bits per heavy atom. The number of carboxylic acid groups (broad SMARTS) is 1. The molecule has 1 heterocycles. The minimum absolute atomic E-state index is 0.00450. The Kier molecular flexibility index (Phi) is 7.08. The van der Waals surface area contributed by atoms with Crippen LogP contribution in [0.2, 0.25) is 0 Å². The second-order valence-corrected chi connectivity index (χ2v) is 5.97. The Bertz CT molecular complexity index is 634. The number of nitrogens with zero attached hydrogens (tertiary/aromatic N) is 1. The van der Waals surface area contributed by atoms with Gasteiger partial charge in [0.05, 0.1) is 19.6 Å². The van der Waals surface area contributed by atoms with Crippen LogP contribution >= 0.6 is 11.3 Å². The Hall–Kier alpha value is -1.98. The maximum atomic E-state index is 13.3. The number of carboxylic acids is 1. The molecule has 0 aliphatic carbocycles. The van der Waals surface area contributed by atoms with Crippen molar-refractivity contribution in [2.24, 2.45) is 0 Å². The molecule has 1 aromatic heterocycles. The molecule has 1 amide bonds. The molecule has 0 radical (unpaired) electrons. The molecule has 25 heavy (non-hydrogen) atoms. The molecule has 0 fully saturated rings. The highest BCUT2D eigenvalue weighted by Crippen LogP contribution is 2.42. The fourth-order valence-corrected chi connectivity index (χ4v) is 2.68. The molecule has 11 heteroatoms. The van der Waals surface area contributed by atoms with Gasteiger partial charge in [0, 0.05) is 11.1 Å². The molecule has 0 saturated carbocycles. The molecular weight excluding hydrogens is 365 g/mol. The van der Waals surface area contributed by atoms with Crippen LogP contribution in [0.15, 0.2) is 18.0 Å². The number of aryl methyl sites for hydroxylation is 1. The van der Waals surface area contributed by atoms with E-state index in [1.54, 1.807) is 0 Å². The molecule has 1 rings (SSSR count). The lowest BCUT2D eigenvalue weighted by atomic mass is 9.99. The van der Waals surface area contributed by atoms with Gasteiger partial charge in [0.15, 0.2) is 6.04 Å². The van der Waals surface area contributed by atoms with E-state index >= 15 is 0 Å². The van der Waals surface area contributed by atoms with E-state index in [9.17, 15) is 27.9 Å². The molecule has 0 spiro atoms. The number of hydrogen-bond donors (Lipinski definition) is 3. The van der Waals surface area contributed by atoms with Crippen molar-refractivity contribution in [1.29, 1.82) is 0 Å². The zero-order chi connectivity index (χ0) is 19.3. The first-order valence-electron chi connectivity index (χ1n) is 6.93. The van der Waals surface area contributed by atoms with Crippen LogP contribution in [-0.4, -0.2) is 52.5 Å². The molecule has 0 saturated heterocycles. The highest BCUT2D eigenvalue weighted by molar-refractivity contribution is 7.09. The lowest BCUT2D eigenvalue weighted by molar-refractivity contribution is -0.267. The van der Waals surface area contributed by atoms with Gasteiger partial charge in [-0.1, -0.05) is 6.08 Å². The van der Waals surface area contributed by atoms with Gasteiger partial charge in [0.2, 0.25) is 11.5 Å². The quantitative estimate of drug-likeness (QED) is 0.440. The molecule has 2 atom stereocenters. The Labute approximate surface area is 145 Å². The lowest BCUT2D eigenvalue weighted by Crippen LogP contribution is -2.50. The second-order valence-electron chi connectivity index (χ2n) is 5.11. The molecule has 3 N–H and O–H groups in total. The van der Waals surface area contributed by atoms with Gasteiger partial charge in [-0.2, -0.15) is 13.2 Å². The number of carbonyl (C=O) groups excluding carboxylic acids is 1. The number of aromatic nitrogens is 1. The van der Waals surface area contributed by atoms with Gasteiger partial charge < -0.3 is 20.3 Å². The first-order valence-corrected chi connectivity index (χ1v) is 7.81. The Morgan fingerprint density at radius 2 is 2.16 bits per heavy atom. The van der Waals surface area contributed by atoms with Crippen LogP contribution in [0, 0.1) is 6.92 Å². The topological polar surface area (TPSA) is 109 Å². The van der Waals surface area contributed by atoms with E-state index in [1.165, 1.54) is 18.4 Å². The van der Waals surface area contributed by atoms with E-state index in [4.69, 9.17) is 9.84 Å². The Morgan fingerprint density at radius 1 is 1.52 bits per heavy atom. The van der Waals surface area contributed by atoms with Crippen molar-refractivity contribution in [3.63, 3.8) is 0 Å². The number of thiazole rings is 1. The number of alkyl halides is 3. The van der Waals surface area contributed by atoms with Crippen LogP contribution in [0.3, 0.4) is 0 Å². The van der Waals surface area contributed by atoms with Crippen molar-refractivity contribution in [2.45, 2.75) is 31.2 Å².